The van der Waals surface area contributed by atoms with Crippen LogP contribution in [0, 0.1) is 18.8 Å². The van der Waals surface area contributed by atoms with E-state index in [0.717, 1.165) is 24.1 Å². The second kappa shape index (κ2) is 5.75. The molecule has 3 atom stereocenters. The second-order valence-corrected chi connectivity index (χ2v) is 5.71. The van der Waals surface area contributed by atoms with E-state index in [4.69, 9.17) is 4.74 Å². The predicted octanol–water partition coefficient (Wildman–Crippen LogP) is 3.53. The van der Waals surface area contributed by atoms with Crippen LogP contribution in [0.3, 0.4) is 0 Å². The van der Waals surface area contributed by atoms with Crippen LogP contribution in [-0.2, 0) is 6.54 Å². The first kappa shape index (κ1) is 13.4. The van der Waals surface area contributed by atoms with Crippen molar-refractivity contribution in [3.05, 3.63) is 29.3 Å². The summed E-state index contributed by atoms with van der Waals surface area (Å²) in [7, 11) is 1.72. The largest absolute Gasteiger partial charge is 0.496 e. The summed E-state index contributed by atoms with van der Waals surface area (Å²) in [4.78, 5) is 0. The van der Waals surface area contributed by atoms with Crippen LogP contribution in [-0.4, -0.2) is 13.2 Å². The molecule has 100 valence electrons. The number of hydrogen-bond acceptors (Lipinski definition) is 2. The molecule has 3 unspecified atom stereocenters. The van der Waals surface area contributed by atoms with Gasteiger partial charge in [-0.3, -0.25) is 0 Å². The minimum absolute atomic E-state index is 0.683. The SMILES string of the molecule is COc1ccc(CNC2CCC(C)C2C)cc1C. The van der Waals surface area contributed by atoms with Crippen molar-refractivity contribution < 1.29 is 4.74 Å². The zero-order chi connectivity index (χ0) is 13.1. The molecule has 0 aromatic heterocycles. The van der Waals surface area contributed by atoms with Crippen LogP contribution < -0.4 is 10.1 Å². The summed E-state index contributed by atoms with van der Waals surface area (Å²) in [5.74, 6) is 2.63. The maximum absolute atomic E-state index is 5.29. The lowest BCUT2D eigenvalue weighted by atomic mass is 9.97. The lowest BCUT2D eigenvalue weighted by Gasteiger charge is -2.20. The first-order chi connectivity index (χ1) is 8.61. The van der Waals surface area contributed by atoms with Crippen LogP contribution in [0.15, 0.2) is 18.2 Å². The molecule has 0 spiro atoms. The van der Waals surface area contributed by atoms with E-state index in [1.54, 1.807) is 7.11 Å². The standard InChI is InChI=1S/C16H25NO/c1-11-5-7-15(13(11)3)17-10-14-6-8-16(18-4)12(2)9-14/h6,8-9,11,13,15,17H,5,7,10H2,1-4H3. The summed E-state index contributed by atoms with van der Waals surface area (Å²) < 4.78 is 5.29. The number of hydrogen-bond donors (Lipinski definition) is 1. The van der Waals surface area contributed by atoms with E-state index in [0.29, 0.717) is 6.04 Å². The van der Waals surface area contributed by atoms with Gasteiger partial charge in [0.2, 0.25) is 0 Å². The van der Waals surface area contributed by atoms with E-state index in [9.17, 15) is 0 Å². The first-order valence-electron chi connectivity index (χ1n) is 6.98. The van der Waals surface area contributed by atoms with Gasteiger partial charge in [-0.15, -0.1) is 0 Å². The van der Waals surface area contributed by atoms with Crippen molar-refractivity contribution >= 4 is 0 Å². The Labute approximate surface area is 111 Å². The molecular formula is C16H25NO. The maximum Gasteiger partial charge on any atom is 0.121 e. The van der Waals surface area contributed by atoms with E-state index in [2.05, 4.69) is 44.3 Å². The Morgan fingerprint density at radius 1 is 1.28 bits per heavy atom. The Balaban J connectivity index is 1.92. The lowest BCUT2D eigenvalue weighted by Crippen LogP contribution is -2.31. The van der Waals surface area contributed by atoms with Crippen LogP contribution in [0.5, 0.6) is 5.75 Å². The average molecular weight is 247 g/mol. The molecule has 0 radical (unpaired) electrons. The number of nitrogens with one attached hydrogen (secondary N) is 1. The number of rotatable bonds is 4. The third-order valence-corrected chi connectivity index (χ3v) is 4.49. The van der Waals surface area contributed by atoms with Gasteiger partial charge in [-0.2, -0.15) is 0 Å². The molecule has 1 N–H and O–H groups in total. The summed E-state index contributed by atoms with van der Waals surface area (Å²) in [6.45, 7) is 7.80. The summed E-state index contributed by atoms with van der Waals surface area (Å²) in [6.07, 6.45) is 2.68. The number of aryl methyl sites for hydroxylation is 1. The fraction of sp³-hybridized carbons (Fsp3) is 0.625. The molecule has 1 aromatic rings. The molecule has 1 aliphatic rings. The normalized spacial score (nSPS) is 27.4. The number of benzene rings is 1. The van der Waals surface area contributed by atoms with Crippen molar-refractivity contribution in [2.24, 2.45) is 11.8 Å². The maximum atomic E-state index is 5.29. The minimum atomic E-state index is 0.683. The molecule has 1 fully saturated rings. The molecule has 18 heavy (non-hydrogen) atoms. The van der Waals surface area contributed by atoms with E-state index in [1.807, 2.05) is 0 Å². The third-order valence-electron chi connectivity index (χ3n) is 4.49. The summed E-state index contributed by atoms with van der Waals surface area (Å²) in [5.41, 5.74) is 2.56. The molecule has 0 saturated heterocycles. The average Bonchev–Trinajstić information content (AvgIpc) is 2.68. The van der Waals surface area contributed by atoms with Crippen LogP contribution in [0.1, 0.15) is 37.8 Å². The summed E-state index contributed by atoms with van der Waals surface area (Å²) in [5, 5.41) is 3.70. The van der Waals surface area contributed by atoms with E-state index in [1.165, 1.54) is 24.0 Å². The molecule has 0 amide bonds. The van der Waals surface area contributed by atoms with Gasteiger partial charge in [0.25, 0.3) is 0 Å². The zero-order valence-corrected chi connectivity index (χ0v) is 12.0. The topological polar surface area (TPSA) is 21.3 Å². The molecule has 2 heteroatoms. The van der Waals surface area contributed by atoms with Gasteiger partial charge < -0.3 is 10.1 Å². The van der Waals surface area contributed by atoms with Gasteiger partial charge in [0.1, 0.15) is 5.75 Å². The molecule has 1 aliphatic carbocycles. The highest BCUT2D eigenvalue weighted by atomic mass is 16.5. The highest BCUT2D eigenvalue weighted by Gasteiger charge is 2.28. The van der Waals surface area contributed by atoms with Crippen molar-refractivity contribution in [3.8, 4) is 5.75 Å². The van der Waals surface area contributed by atoms with Crippen molar-refractivity contribution in [1.29, 1.82) is 0 Å². The molecule has 2 rings (SSSR count). The predicted molar refractivity (Wildman–Crippen MR) is 75.9 cm³/mol. The van der Waals surface area contributed by atoms with Crippen LogP contribution in [0.4, 0.5) is 0 Å². The van der Waals surface area contributed by atoms with Crippen molar-refractivity contribution in [2.45, 2.75) is 46.2 Å². The van der Waals surface area contributed by atoms with E-state index in [-0.39, 0.29) is 0 Å². The highest BCUT2D eigenvalue weighted by molar-refractivity contribution is 5.36. The molecule has 0 heterocycles. The summed E-state index contributed by atoms with van der Waals surface area (Å²) in [6, 6.07) is 7.12. The number of ether oxygens (including phenoxy) is 1. The molecule has 1 saturated carbocycles. The van der Waals surface area contributed by atoms with Gasteiger partial charge in [-0.1, -0.05) is 26.0 Å². The highest BCUT2D eigenvalue weighted by Crippen LogP contribution is 2.31. The smallest absolute Gasteiger partial charge is 0.121 e. The van der Waals surface area contributed by atoms with Crippen LogP contribution >= 0.6 is 0 Å². The Hall–Kier alpha value is -1.02. The lowest BCUT2D eigenvalue weighted by molar-refractivity contribution is 0.369. The van der Waals surface area contributed by atoms with Crippen LogP contribution in [0.2, 0.25) is 0 Å². The monoisotopic (exact) mass is 247 g/mol. The van der Waals surface area contributed by atoms with Gasteiger partial charge in [-0.25, -0.2) is 0 Å². The van der Waals surface area contributed by atoms with Gasteiger partial charge in [-0.05, 0) is 48.8 Å². The van der Waals surface area contributed by atoms with Gasteiger partial charge in [0, 0.05) is 12.6 Å². The van der Waals surface area contributed by atoms with Gasteiger partial charge >= 0.3 is 0 Å². The summed E-state index contributed by atoms with van der Waals surface area (Å²) >= 11 is 0. The van der Waals surface area contributed by atoms with Gasteiger partial charge in [0.15, 0.2) is 0 Å². The fourth-order valence-corrected chi connectivity index (χ4v) is 2.95. The molecule has 0 aliphatic heterocycles. The van der Waals surface area contributed by atoms with Crippen molar-refractivity contribution in [3.63, 3.8) is 0 Å². The van der Waals surface area contributed by atoms with Crippen LogP contribution in [0.25, 0.3) is 0 Å². The fourth-order valence-electron chi connectivity index (χ4n) is 2.95. The van der Waals surface area contributed by atoms with E-state index < -0.39 is 0 Å². The number of methoxy groups -OCH3 is 1. The van der Waals surface area contributed by atoms with Crippen molar-refractivity contribution in [1.82, 2.24) is 5.32 Å². The second-order valence-electron chi connectivity index (χ2n) is 5.71. The molecule has 0 bridgehead atoms. The Morgan fingerprint density at radius 2 is 2.06 bits per heavy atom. The van der Waals surface area contributed by atoms with Crippen molar-refractivity contribution in [2.75, 3.05) is 7.11 Å². The van der Waals surface area contributed by atoms with E-state index >= 15 is 0 Å². The van der Waals surface area contributed by atoms with Gasteiger partial charge in [0.05, 0.1) is 7.11 Å². The zero-order valence-electron chi connectivity index (χ0n) is 12.0. The Morgan fingerprint density at radius 3 is 2.61 bits per heavy atom. The minimum Gasteiger partial charge on any atom is -0.496 e. The quantitative estimate of drug-likeness (QED) is 0.879. The molecule has 2 nitrogen and oxygen atoms in total. The third kappa shape index (κ3) is 2.86. The Bertz CT molecular complexity index is 402. The molecular weight excluding hydrogens is 222 g/mol. The first-order valence-corrected chi connectivity index (χ1v) is 6.98. The Kier molecular flexibility index (Phi) is 4.28. The molecule has 1 aromatic carbocycles.